The summed E-state index contributed by atoms with van der Waals surface area (Å²) in [7, 11) is 0. The maximum Gasteiger partial charge on any atom is 0.230 e. The molecular weight excluding hydrogens is 356 g/mol. The number of halogens is 1. The van der Waals surface area contributed by atoms with E-state index in [0.29, 0.717) is 17.5 Å². The molecule has 1 amide bonds. The lowest BCUT2D eigenvalue weighted by Gasteiger charge is -2.09. The van der Waals surface area contributed by atoms with Crippen molar-refractivity contribution in [2.45, 2.75) is 38.0 Å². The van der Waals surface area contributed by atoms with Gasteiger partial charge in [-0.05, 0) is 55.8 Å². The second kappa shape index (κ2) is 8.25. The highest BCUT2D eigenvalue weighted by Gasteiger charge is 2.27. The molecule has 134 valence electrons. The molecule has 1 aromatic heterocycles. The molecule has 1 saturated heterocycles. The minimum absolute atomic E-state index is 0. The minimum Gasteiger partial charge on any atom is -0.316 e. The van der Waals surface area contributed by atoms with E-state index in [0.717, 1.165) is 36.0 Å². The average molecular weight is 379 g/mol. The average Bonchev–Trinajstić information content (AvgIpc) is 3.10. The molecule has 2 aromatic rings. The first-order chi connectivity index (χ1) is 11.8. The van der Waals surface area contributed by atoms with E-state index in [4.69, 9.17) is 0 Å². The molecule has 2 heterocycles. The van der Waals surface area contributed by atoms with E-state index in [-0.39, 0.29) is 18.3 Å². The van der Waals surface area contributed by atoms with Crippen LogP contribution in [0, 0.1) is 5.92 Å². The standard InChI is InChI=1S/C18H22N4OS.ClH/c23-16(20-18-22-21-17(24-18)15-5-6-15)10-13-3-1-12(2-4-13)9-14-7-8-19-11-14;/h1-4,14-15,19H,5-11H2,(H,20,22,23);1H. The van der Waals surface area contributed by atoms with Gasteiger partial charge < -0.3 is 10.6 Å². The molecule has 2 fully saturated rings. The number of benzene rings is 1. The van der Waals surface area contributed by atoms with Gasteiger partial charge in [-0.15, -0.1) is 22.6 Å². The van der Waals surface area contributed by atoms with Crippen molar-refractivity contribution in [1.29, 1.82) is 0 Å². The molecular formula is C18H23ClN4OS. The molecule has 1 atom stereocenters. The first-order valence-electron chi connectivity index (χ1n) is 8.68. The zero-order valence-electron chi connectivity index (χ0n) is 14.0. The van der Waals surface area contributed by atoms with Gasteiger partial charge in [-0.3, -0.25) is 4.79 Å². The molecule has 0 bridgehead atoms. The van der Waals surface area contributed by atoms with Crippen LogP contribution in [0.25, 0.3) is 0 Å². The number of aromatic nitrogens is 2. The Hall–Kier alpha value is -1.50. The van der Waals surface area contributed by atoms with Crippen LogP contribution in [0.5, 0.6) is 0 Å². The van der Waals surface area contributed by atoms with E-state index in [1.54, 1.807) is 0 Å². The van der Waals surface area contributed by atoms with Gasteiger partial charge in [0.2, 0.25) is 11.0 Å². The summed E-state index contributed by atoms with van der Waals surface area (Å²) in [5.41, 5.74) is 2.39. The van der Waals surface area contributed by atoms with E-state index in [1.165, 1.54) is 36.2 Å². The van der Waals surface area contributed by atoms with Gasteiger partial charge in [0.15, 0.2) is 0 Å². The number of nitrogens with one attached hydrogen (secondary N) is 2. The van der Waals surface area contributed by atoms with Crippen LogP contribution in [0.3, 0.4) is 0 Å². The Morgan fingerprint density at radius 3 is 2.60 bits per heavy atom. The Bertz CT molecular complexity index is 708. The molecule has 2 N–H and O–H groups in total. The van der Waals surface area contributed by atoms with Crippen LogP contribution in [0.1, 0.15) is 41.3 Å². The van der Waals surface area contributed by atoms with Crippen molar-refractivity contribution in [3.05, 3.63) is 40.4 Å². The van der Waals surface area contributed by atoms with Crippen LogP contribution in [-0.2, 0) is 17.6 Å². The Labute approximate surface area is 158 Å². The van der Waals surface area contributed by atoms with Gasteiger partial charge in [0, 0.05) is 5.92 Å². The molecule has 1 aromatic carbocycles. The van der Waals surface area contributed by atoms with Crippen molar-refractivity contribution in [2.24, 2.45) is 5.92 Å². The Balaban J connectivity index is 0.00000182. The molecule has 5 nitrogen and oxygen atoms in total. The zero-order valence-corrected chi connectivity index (χ0v) is 15.7. The number of carbonyl (C=O) groups is 1. The fourth-order valence-electron chi connectivity index (χ4n) is 3.14. The Morgan fingerprint density at radius 2 is 1.92 bits per heavy atom. The van der Waals surface area contributed by atoms with Crippen molar-refractivity contribution < 1.29 is 4.79 Å². The quantitative estimate of drug-likeness (QED) is 0.810. The highest BCUT2D eigenvalue weighted by molar-refractivity contribution is 7.15. The first-order valence-corrected chi connectivity index (χ1v) is 9.50. The Morgan fingerprint density at radius 1 is 1.16 bits per heavy atom. The van der Waals surface area contributed by atoms with Crippen molar-refractivity contribution in [2.75, 3.05) is 18.4 Å². The summed E-state index contributed by atoms with van der Waals surface area (Å²) in [6.07, 6.45) is 5.16. The lowest BCUT2D eigenvalue weighted by atomic mass is 9.97. The SMILES string of the molecule is Cl.O=C(Cc1ccc(CC2CCNC2)cc1)Nc1nnc(C2CC2)s1. The topological polar surface area (TPSA) is 66.9 Å². The predicted octanol–water partition coefficient (Wildman–Crippen LogP) is 3.17. The van der Waals surface area contributed by atoms with Crippen LogP contribution in [0.2, 0.25) is 0 Å². The number of hydrogen-bond acceptors (Lipinski definition) is 5. The third-order valence-corrected chi connectivity index (χ3v) is 5.69. The number of hydrogen-bond donors (Lipinski definition) is 2. The molecule has 1 saturated carbocycles. The van der Waals surface area contributed by atoms with Crippen LogP contribution in [0.15, 0.2) is 24.3 Å². The summed E-state index contributed by atoms with van der Waals surface area (Å²) in [5.74, 6) is 1.30. The van der Waals surface area contributed by atoms with Gasteiger partial charge in [0.25, 0.3) is 0 Å². The van der Waals surface area contributed by atoms with Crippen molar-refractivity contribution >= 4 is 34.8 Å². The number of nitrogens with zero attached hydrogens (tertiary/aromatic N) is 2. The van der Waals surface area contributed by atoms with Gasteiger partial charge in [0.05, 0.1) is 6.42 Å². The molecule has 1 aliphatic carbocycles. The monoisotopic (exact) mass is 378 g/mol. The van der Waals surface area contributed by atoms with Gasteiger partial charge in [-0.25, -0.2) is 0 Å². The first kappa shape index (κ1) is 18.3. The van der Waals surface area contributed by atoms with E-state index in [1.807, 2.05) is 0 Å². The third-order valence-electron chi connectivity index (χ3n) is 4.69. The number of amides is 1. The van der Waals surface area contributed by atoms with E-state index in [9.17, 15) is 4.79 Å². The largest absolute Gasteiger partial charge is 0.316 e. The van der Waals surface area contributed by atoms with Crippen molar-refractivity contribution in [1.82, 2.24) is 15.5 Å². The lowest BCUT2D eigenvalue weighted by molar-refractivity contribution is -0.115. The van der Waals surface area contributed by atoms with Crippen LogP contribution in [-0.4, -0.2) is 29.2 Å². The molecule has 1 aliphatic heterocycles. The third kappa shape index (κ3) is 5.00. The Kier molecular flexibility index (Phi) is 6.04. The molecule has 1 unspecified atom stereocenters. The predicted molar refractivity (Wildman–Crippen MR) is 103 cm³/mol. The highest BCUT2D eigenvalue weighted by Crippen LogP contribution is 2.42. The molecule has 0 radical (unpaired) electrons. The summed E-state index contributed by atoms with van der Waals surface area (Å²) < 4.78 is 0. The van der Waals surface area contributed by atoms with Gasteiger partial charge >= 0.3 is 0 Å². The van der Waals surface area contributed by atoms with E-state index < -0.39 is 0 Å². The molecule has 4 rings (SSSR count). The second-order valence-electron chi connectivity index (χ2n) is 6.82. The molecule has 25 heavy (non-hydrogen) atoms. The second-order valence-corrected chi connectivity index (χ2v) is 7.83. The minimum atomic E-state index is -0.0266. The normalized spacial score (nSPS) is 19.4. The van der Waals surface area contributed by atoms with Crippen molar-refractivity contribution in [3.8, 4) is 0 Å². The maximum atomic E-state index is 12.2. The van der Waals surface area contributed by atoms with Crippen LogP contribution < -0.4 is 10.6 Å². The zero-order chi connectivity index (χ0) is 16.4. The van der Waals surface area contributed by atoms with E-state index in [2.05, 4.69) is 45.1 Å². The molecule has 7 heteroatoms. The summed E-state index contributed by atoms with van der Waals surface area (Å²) in [5, 5.41) is 16.1. The molecule has 2 aliphatic rings. The number of anilines is 1. The van der Waals surface area contributed by atoms with E-state index >= 15 is 0 Å². The fourth-order valence-corrected chi connectivity index (χ4v) is 4.07. The summed E-state index contributed by atoms with van der Waals surface area (Å²) in [6.45, 7) is 2.26. The number of rotatable bonds is 6. The highest BCUT2D eigenvalue weighted by atomic mass is 35.5. The smallest absolute Gasteiger partial charge is 0.230 e. The number of carbonyl (C=O) groups excluding carboxylic acids is 1. The van der Waals surface area contributed by atoms with Crippen molar-refractivity contribution in [3.63, 3.8) is 0 Å². The van der Waals surface area contributed by atoms with Gasteiger partial charge in [0.1, 0.15) is 5.01 Å². The summed E-state index contributed by atoms with van der Waals surface area (Å²) in [6, 6.07) is 8.42. The van der Waals surface area contributed by atoms with Crippen LogP contribution >= 0.6 is 23.7 Å². The van der Waals surface area contributed by atoms with Crippen LogP contribution in [0.4, 0.5) is 5.13 Å². The maximum absolute atomic E-state index is 12.2. The lowest BCUT2D eigenvalue weighted by Crippen LogP contribution is -2.14. The molecule has 0 spiro atoms. The van der Waals surface area contributed by atoms with Gasteiger partial charge in [-0.2, -0.15) is 0 Å². The summed E-state index contributed by atoms with van der Waals surface area (Å²) in [4.78, 5) is 12.2. The summed E-state index contributed by atoms with van der Waals surface area (Å²) >= 11 is 1.50. The fraction of sp³-hybridized carbons (Fsp3) is 0.500. The van der Waals surface area contributed by atoms with Gasteiger partial charge in [-0.1, -0.05) is 35.6 Å².